The first-order chi connectivity index (χ1) is 12.1. The highest BCUT2D eigenvalue weighted by molar-refractivity contribution is 5.31. The maximum atomic E-state index is 4.60. The molecule has 1 aromatic carbocycles. The Morgan fingerprint density at radius 3 is 2.68 bits per heavy atom. The van der Waals surface area contributed by atoms with Crippen molar-refractivity contribution >= 4 is 0 Å². The molecule has 1 fully saturated rings. The van der Waals surface area contributed by atoms with Crippen molar-refractivity contribution in [3.05, 3.63) is 53.1 Å². The molecule has 4 rings (SSSR count). The lowest BCUT2D eigenvalue weighted by molar-refractivity contribution is 0.239. The van der Waals surface area contributed by atoms with Crippen LogP contribution in [0.25, 0.3) is 5.69 Å². The van der Waals surface area contributed by atoms with E-state index < -0.39 is 0 Å². The SMILES string of the molecule is Cc1nn(C)c(C)c1[C@@H]1CCCN1Cc1nnnn1-c1ccccc1. The molecule has 25 heavy (non-hydrogen) atoms. The smallest absolute Gasteiger partial charge is 0.170 e. The second-order valence-electron chi connectivity index (χ2n) is 6.68. The van der Waals surface area contributed by atoms with Gasteiger partial charge >= 0.3 is 0 Å². The molecular weight excluding hydrogens is 314 g/mol. The van der Waals surface area contributed by atoms with E-state index in [1.165, 1.54) is 17.7 Å². The Morgan fingerprint density at radius 2 is 1.96 bits per heavy atom. The van der Waals surface area contributed by atoms with Crippen molar-refractivity contribution in [3.63, 3.8) is 0 Å². The van der Waals surface area contributed by atoms with E-state index in [0.29, 0.717) is 6.04 Å². The number of rotatable bonds is 4. The first kappa shape index (κ1) is 16.0. The van der Waals surface area contributed by atoms with Crippen LogP contribution in [0.15, 0.2) is 30.3 Å². The average Bonchev–Trinajstić information content (AvgIpc) is 3.31. The number of aromatic nitrogens is 6. The van der Waals surface area contributed by atoms with Gasteiger partial charge in [0.05, 0.1) is 17.9 Å². The maximum Gasteiger partial charge on any atom is 0.170 e. The van der Waals surface area contributed by atoms with Crippen molar-refractivity contribution in [1.29, 1.82) is 0 Å². The van der Waals surface area contributed by atoms with Gasteiger partial charge in [-0.15, -0.1) is 5.10 Å². The van der Waals surface area contributed by atoms with Crippen LogP contribution in [0.1, 0.15) is 41.7 Å². The molecule has 1 aliphatic rings. The van der Waals surface area contributed by atoms with Crippen LogP contribution in [0, 0.1) is 13.8 Å². The van der Waals surface area contributed by atoms with Crippen molar-refractivity contribution < 1.29 is 0 Å². The fourth-order valence-electron chi connectivity index (χ4n) is 3.87. The second kappa shape index (κ2) is 6.40. The summed E-state index contributed by atoms with van der Waals surface area (Å²) < 4.78 is 3.81. The summed E-state index contributed by atoms with van der Waals surface area (Å²) >= 11 is 0. The van der Waals surface area contributed by atoms with Gasteiger partial charge in [0.25, 0.3) is 0 Å². The molecule has 1 saturated heterocycles. The summed E-state index contributed by atoms with van der Waals surface area (Å²) in [6.07, 6.45) is 2.34. The van der Waals surface area contributed by atoms with E-state index in [9.17, 15) is 0 Å². The largest absolute Gasteiger partial charge is 0.289 e. The van der Waals surface area contributed by atoms with Gasteiger partial charge in [0.2, 0.25) is 0 Å². The molecule has 0 unspecified atom stereocenters. The Labute approximate surface area is 147 Å². The van der Waals surface area contributed by atoms with Crippen LogP contribution < -0.4 is 0 Å². The fourth-order valence-corrected chi connectivity index (χ4v) is 3.87. The zero-order valence-electron chi connectivity index (χ0n) is 14.9. The van der Waals surface area contributed by atoms with E-state index in [4.69, 9.17) is 0 Å². The van der Waals surface area contributed by atoms with Gasteiger partial charge < -0.3 is 0 Å². The summed E-state index contributed by atoms with van der Waals surface area (Å²) in [5, 5.41) is 16.9. The summed E-state index contributed by atoms with van der Waals surface area (Å²) in [4.78, 5) is 2.47. The highest BCUT2D eigenvalue weighted by Crippen LogP contribution is 2.36. The van der Waals surface area contributed by atoms with Crippen LogP contribution in [0.5, 0.6) is 0 Å². The van der Waals surface area contributed by atoms with Crippen molar-refractivity contribution in [2.24, 2.45) is 7.05 Å². The Kier molecular flexibility index (Phi) is 4.09. The van der Waals surface area contributed by atoms with E-state index in [2.05, 4.69) is 39.4 Å². The Balaban J connectivity index is 1.62. The summed E-state index contributed by atoms with van der Waals surface area (Å²) in [6.45, 7) is 6.05. The topological polar surface area (TPSA) is 64.7 Å². The van der Waals surface area contributed by atoms with Crippen molar-refractivity contribution in [2.45, 2.75) is 39.3 Å². The van der Waals surface area contributed by atoms with Gasteiger partial charge in [-0.2, -0.15) is 9.78 Å². The van der Waals surface area contributed by atoms with Crippen LogP contribution in [0.3, 0.4) is 0 Å². The van der Waals surface area contributed by atoms with Gasteiger partial charge in [-0.05, 0) is 55.8 Å². The molecule has 0 amide bonds. The third-order valence-corrected chi connectivity index (χ3v) is 5.14. The van der Waals surface area contributed by atoms with Crippen molar-refractivity contribution in [3.8, 4) is 5.69 Å². The molecular formula is C18H23N7. The lowest BCUT2D eigenvalue weighted by Crippen LogP contribution is -2.25. The first-order valence-corrected chi connectivity index (χ1v) is 8.72. The van der Waals surface area contributed by atoms with E-state index in [1.807, 2.05) is 46.7 Å². The van der Waals surface area contributed by atoms with Gasteiger partial charge in [-0.1, -0.05) is 18.2 Å². The molecule has 0 aliphatic carbocycles. The number of tetrazole rings is 1. The lowest BCUT2D eigenvalue weighted by atomic mass is 10.0. The number of hydrogen-bond acceptors (Lipinski definition) is 5. The minimum atomic E-state index is 0.384. The van der Waals surface area contributed by atoms with Crippen LogP contribution in [0.2, 0.25) is 0 Å². The zero-order valence-corrected chi connectivity index (χ0v) is 14.9. The number of hydrogen-bond donors (Lipinski definition) is 0. The van der Waals surface area contributed by atoms with E-state index in [1.54, 1.807) is 0 Å². The fraction of sp³-hybridized carbons (Fsp3) is 0.444. The molecule has 3 heterocycles. The predicted octanol–water partition coefficient (Wildman–Crippen LogP) is 2.35. The van der Waals surface area contributed by atoms with Crippen LogP contribution in [0.4, 0.5) is 0 Å². The molecule has 0 bridgehead atoms. The van der Waals surface area contributed by atoms with Crippen LogP contribution in [-0.4, -0.2) is 41.4 Å². The first-order valence-electron chi connectivity index (χ1n) is 8.72. The minimum Gasteiger partial charge on any atom is -0.289 e. The lowest BCUT2D eigenvalue weighted by Gasteiger charge is -2.24. The molecule has 3 aromatic rings. The summed E-state index contributed by atoms with van der Waals surface area (Å²) in [5.74, 6) is 0.872. The third-order valence-electron chi connectivity index (χ3n) is 5.14. The van der Waals surface area contributed by atoms with Gasteiger partial charge in [-0.25, -0.2) is 0 Å². The van der Waals surface area contributed by atoms with Gasteiger partial charge in [0.1, 0.15) is 0 Å². The average molecular weight is 337 g/mol. The summed E-state index contributed by atoms with van der Waals surface area (Å²) in [6, 6.07) is 10.4. The molecule has 7 heteroatoms. The maximum absolute atomic E-state index is 4.60. The standard InChI is InChI=1S/C18H23N7/c1-13-18(14(2)23(3)20-13)16-10-7-11-24(16)12-17-19-21-22-25(17)15-8-5-4-6-9-15/h4-6,8-9,16H,7,10-12H2,1-3H3/t16-/m0/s1. The van der Waals surface area contributed by atoms with Crippen molar-refractivity contribution in [1.82, 2.24) is 34.9 Å². The van der Waals surface area contributed by atoms with Crippen molar-refractivity contribution in [2.75, 3.05) is 6.54 Å². The zero-order chi connectivity index (χ0) is 17.4. The number of benzene rings is 1. The molecule has 1 aliphatic heterocycles. The molecule has 1 atom stereocenters. The van der Waals surface area contributed by atoms with Crippen LogP contribution in [-0.2, 0) is 13.6 Å². The number of likely N-dealkylation sites (tertiary alicyclic amines) is 1. The normalized spacial score (nSPS) is 18.1. The molecule has 7 nitrogen and oxygen atoms in total. The Morgan fingerprint density at radius 1 is 1.16 bits per heavy atom. The minimum absolute atomic E-state index is 0.384. The monoisotopic (exact) mass is 337 g/mol. The highest BCUT2D eigenvalue weighted by Gasteiger charge is 2.31. The number of aryl methyl sites for hydroxylation is 2. The van der Waals surface area contributed by atoms with E-state index in [0.717, 1.165) is 36.7 Å². The predicted molar refractivity (Wildman–Crippen MR) is 94.2 cm³/mol. The number of para-hydroxylation sites is 1. The van der Waals surface area contributed by atoms with E-state index >= 15 is 0 Å². The van der Waals surface area contributed by atoms with E-state index in [-0.39, 0.29) is 0 Å². The van der Waals surface area contributed by atoms with Gasteiger partial charge in [0, 0.05) is 24.3 Å². The summed E-state index contributed by atoms with van der Waals surface area (Å²) in [5.41, 5.74) is 4.72. The molecule has 0 radical (unpaired) electrons. The third kappa shape index (κ3) is 2.84. The number of nitrogens with zero attached hydrogens (tertiary/aromatic N) is 7. The molecule has 0 N–H and O–H groups in total. The quantitative estimate of drug-likeness (QED) is 0.731. The molecule has 0 saturated carbocycles. The van der Waals surface area contributed by atoms with Gasteiger partial charge in [0.15, 0.2) is 5.82 Å². The molecule has 2 aromatic heterocycles. The van der Waals surface area contributed by atoms with Crippen LogP contribution >= 0.6 is 0 Å². The highest BCUT2D eigenvalue weighted by atomic mass is 15.5. The van der Waals surface area contributed by atoms with Gasteiger partial charge in [-0.3, -0.25) is 9.58 Å². The Bertz CT molecular complexity index is 865. The second-order valence-corrected chi connectivity index (χ2v) is 6.68. The molecule has 130 valence electrons. The Hall–Kier alpha value is -2.54. The summed E-state index contributed by atoms with van der Waals surface area (Å²) in [7, 11) is 2.01. The molecule has 0 spiro atoms.